The molecule has 0 rings (SSSR count). The van der Waals surface area contributed by atoms with Gasteiger partial charge in [0.05, 0.1) is 13.2 Å². The molecule has 10 heteroatoms. The van der Waals surface area contributed by atoms with Crippen LogP contribution < -0.4 is 5.73 Å². The lowest BCUT2D eigenvalue weighted by Gasteiger charge is -2.19. The Labute approximate surface area is 341 Å². The van der Waals surface area contributed by atoms with Crippen LogP contribution in [0, 0.1) is 0 Å². The Balaban J connectivity index is 4.17. The second-order valence-electron chi connectivity index (χ2n) is 14.2. The van der Waals surface area contributed by atoms with E-state index >= 15 is 0 Å². The molecular formula is C46H80NO8P. The van der Waals surface area contributed by atoms with Crippen LogP contribution in [-0.2, 0) is 32.7 Å². The zero-order valence-corrected chi connectivity index (χ0v) is 36.2. The molecule has 0 aromatic carbocycles. The van der Waals surface area contributed by atoms with E-state index in [0.29, 0.717) is 12.8 Å². The molecule has 0 aliphatic rings. The minimum atomic E-state index is -4.39. The van der Waals surface area contributed by atoms with E-state index in [1.54, 1.807) is 0 Å². The van der Waals surface area contributed by atoms with Crippen LogP contribution >= 0.6 is 7.82 Å². The van der Waals surface area contributed by atoms with Crippen molar-refractivity contribution in [1.82, 2.24) is 0 Å². The molecule has 0 heterocycles. The minimum Gasteiger partial charge on any atom is -0.462 e. The number of rotatable bonds is 40. The molecule has 2 unspecified atom stereocenters. The largest absolute Gasteiger partial charge is 0.472 e. The molecule has 0 saturated carbocycles. The van der Waals surface area contributed by atoms with Crippen LogP contribution in [0.25, 0.3) is 0 Å². The lowest BCUT2D eigenvalue weighted by atomic mass is 10.1. The van der Waals surface area contributed by atoms with Gasteiger partial charge in [-0.15, -0.1) is 0 Å². The topological polar surface area (TPSA) is 134 Å². The van der Waals surface area contributed by atoms with Gasteiger partial charge in [-0.3, -0.25) is 18.6 Å². The van der Waals surface area contributed by atoms with Gasteiger partial charge in [-0.1, -0.05) is 164 Å². The zero-order chi connectivity index (χ0) is 41.1. The Morgan fingerprint density at radius 1 is 0.554 bits per heavy atom. The maximum atomic E-state index is 12.5. The van der Waals surface area contributed by atoms with Gasteiger partial charge in [0.2, 0.25) is 0 Å². The van der Waals surface area contributed by atoms with Crippen molar-refractivity contribution in [3.8, 4) is 0 Å². The van der Waals surface area contributed by atoms with Crippen LogP contribution in [0.5, 0.6) is 0 Å². The molecule has 0 fully saturated rings. The summed E-state index contributed by atoms with van der Waals surface area (Å²) >= 11 is 0. The van der Waals surface area contributed by atoms with Gasteiger partial charge < -0.3 is 20.1 Å². The Hall–Kier alpha value is -2.55. The number of nitrogens with two attached hydrogens (primary N) is 1. The van der Waals surface area contributed by atoms with Gasteiger partial charge in [0, 0.05) is 19.4 Å². The molecule has 0 aromatic heterocycles. The Bertz CT molecular complexity index is 1150. The number of carbonyl (C=O) groups is 2. The van der Waals surface area contributed by atoms with Crippen molar-refractivity contribution in [2.75, 3.05) is 26.4 Å². The monoisotopic (exact) mass is 806 g/mol. The molecule has 0 bridgehead atoms. The van der Waals surface area contributed by atoms with Gasteiger partial charge in [-0.2, -0.15) is 0 Å². The first-order valence-electron chi connectivity index (χ1n) is 21.9. The summed E-state index contributed by atoms with van der Waals surface area (Å²) in [5, 5.41) is 0. The molecule has 0 amide bonds. The van der Waals surface area contributed by atoms with Crippen molar-refractivity contribution in [2.24, 2.45) is 5.73 Å². The van der Waals surface area contributed by atoms with E-state index in [0.717, 1.165) is 64.2 Å². The van der Waals surface area contributed by atoms with E-state index in [9.17, 15) is 19.0 Å². The Morgan fingerprint density at radius 3 is 1.54 bits per heavy atom. The fourth-order valence-electron chi connectivity index (χ4n) is 5.62. The van der Waals surface area contributed by atoms with Gasteiger partial charge in [-0.05, 0) is 70.6 Å². The number of phosphoric ester groups is 1. The molecule has 0 aliphatic carbocycles. The fourth-order valence-corrected chi connectivity index (χ4v) is 6.38. The number of allylic oxidation sites excluding steroid dienone is 12. The summed E-state index contributed by atoms with van der Waals surface area (Å²) in [4.78, 5) is 34.8. The first-order valence-corrected chi connectivity index (χ1v) is 23.4. The van der Waals surface area contributed by atoms with Crippen LogP contribution in [0.3, 0.4) is 0 Å². The highest BCUT2D eigenvalue weighted by Crippen LogP contribution is 2.43. The van der Waals surface area contributed by atoms with Crippen molar-refractivity contribution in [2.45, 2.75) is 180 Å². The predicted octanol–water partition coefficient (Wildman–Crippen LogP) is 12.7. The van der Waals surface area contributed by atoms with Crippen LogP contribution in [0.4, 0.5) is 0 Å². The summed E-state index contributed by atoms with van der Waals surface area (Å²) in [5.41, 5.74) is 5.34. The highest BCUT2D eigenvalue weighted by Gasteiger charge is 2.25. The number of carbonyl (C=O) groups excluding carboxylic acids is 2. The van der Waals surface area contributed by atoms with Crippen molar-refractivity contribution in [1.29, 1.82) is 0 Å². The predicted molar refractivity (Wildman–Crippen MR) is 233 cm³/mol. The lowest BCUT2D eigenvalue weighted by Crippen LogP contribution is -2.29. The van der Waals surface area contributed by atoms with E-state index in [4.69, 9.17) is 24.3 Å². The average Bonchev–Trinajstić information content (AvgIpc) is 3.18. The number of phosphoric acid groups is 1. The Kier molecular flexibility index (Phi) is 40.2. The minimum absolute atomic E-state index is 0.0418. The van der Waals surface area contributed by atoms with E-state index in [2.05, 4.69) is 74.6 Å². The quantitative estimate of drug-likeness (QED) is 0.0268. The third kappa shape index (κ3) is 41.1. The normalized spacial score (nSPS) is 14.0. The molecule has 9 nitrogen and oxygen atoms in total. The van der Waals surface area contributed by atoms with Gasteiger partial charge >= 0.3 is 19.8 Å². The molecule has 0 saturated heterocycles. The smallest absolute Gasteiger partial charge is 0.462 e. The third-order valence-corrected chi connectivity index (χ3v) is 9.82. The average molecular weight is 806 g/mol. The first kappa shape index (κ1) is 53.5. The molecule has 56 heavy (non-hydrogen) atoms. The van der Waals surface area contributed by atoms with Crippen LogP contribution in [0.2, 0.25) is 0 Å². The maximum Gasteiger partial charge on any atom is 0.472 e. The molecule has 0 aromatic rings. The second kappa shape index (κ2) is 42.1. The van der Waals surface area contributed by atoms with Crippen LogP contribution in [0.1, 0.15) is 174 Å². The van der Waals surface area contributed by atoms with E-state index in [1.165, 1.54) is 70.6 Å². The number of hydrogen-bond donors (Lipinski definition) is 2. The highest BCUT2D eigenvalue weighted by atomic mass is 31.2. The Morgan fingerprint density at radius 2 is 1.02 bits per heavy atom. The van der Waals surface area contributed by atoms with Crippen molar-refractivity contribution < 1.29 is 37.6 Å². The van der Waals surface area contributed by atoms with E-state index in [1.807, 2.05) is 12.2 Å². The number of esters is 2. The lowest BCUT2D eigenvalue weighted by molar-refractivity contribution is -0.161. The van der Waals surface area contributed by atoms with Gasteiger partial charge in [0.25, 0.3) is 0 Å². The fraction of sp³-hybridized carbons (Fsp3) is 0.696. The van der Waals surface area contributed by atoms with E-state index < -0.39 is 32.5 Å². The summed E-state index contributed by atoms with van der Waals surface area (Å²) in [6, 6.07) is 0. The molecule has 3 N–H and O–H groups in total. The number of hydrogen-bond acceptors (Lipinski definition) is 8. The summed E-state index contributed by atoms with van der Waals surface area (Å²) in [6.07, 6.45) is 50.9. The van der Waals surface area contributed by atoms with Crippen molar-refractivity contribution in [3.63, 3.8) is 0 Å². The van der Waals surface area contributed by atoms with Crippen LogP contribution in [-0.4, -0.2) is 49.3 Å². The first-order chi connectivity index (χ1) is 27.3. The van der Waals surface area contributed by atoms with Crippen molar-refractivity contribution >= 4 is 19.8 Å². The molecular weight excluding hydrogens is 725 g/mol. The highest BCUT2D eigenvalue weighted by molar-refractivity contribution is 7.47. The number of unbranched alkanes of at least 4 members (excludes halogenated alkanes) is 15. The van der Waals surface area contributed by atoms with Crippen molar-refractivity contribution in [3.05, 3.63) is 72.9 Å². The van der Waals surface area contributed by atoms with E-state index in [-0.39, 0.29) is 32.6 Å². The SMILES string of the molecule is CC/C=C/C/C=C/C/C=C/C/C=C/CCCCCCCCCCCC(=O)OCC(COP(=O)(O)OCCN)OC(=O)CC/C=C/C/C=C/CCCCCCCC. The summed E-state index contributed by atoms with van der Waals surface area (Å²) in [6.45, 7) is 3.52. The standard InChI is InChI=1S/C46H80NO8P/c1-3-5-7-9-11-13-15-17-18-19-20-21-22-23-24-25-27-28-30-32-34-36-38-45(48)52-42-44(43-54-56(50,51)53-41-40-47)55-46(49)39-37-35-33-31-29-26-16-14-12-10-8-6-4-2/h5,7,11,13,17-18,20-21,26,29,33,35,44H,3-4,6,8-10,12,14-16,19,22-25,27-28,30-32,34,36-43,47H2,1-2H3,(H,50,51)/b7-5+,13-11+,18-17+,21-20+,29-26+,35-33+. The molecule has 0 radical (unpaired) electrons. The summed E-state index contributed by atoms with van der Waals surface area (Å²) in [7, 11) is -4.39. The molecule has 0 spiro atoms. The number of ether oxygens (including phenoxy) is 2. The summed E-state index contributed by atoms with van der Waals surface area (Å²) in [5.74, 6) is -0.919. The molecule has 322 valence electrons. The maximum absolute atomic E-state index is 12.5. The van der Waals surface area contributed by atoms with Gasteiger partial charge in [0.1, 0.15) is 6.61 Å². The van der Waals surface area contributed by atoms with Gasteiger partial charge in [-0.25, -0.2) is 4.57 Å². The zero-order valence-electron chi connectivity index (χ0n) is 35.3. The van der Waals surface area contributed by atoms with Crippen LogP contribution in [0.15, 0.2) is 72.9 Å². The summed E-state index contributed by atoms with van der Waals surface area (Å²) < 4.78 is 32.7. The third-order valence-electron chi connectivity index (χ3n) is 8.84. The second-order valence-corrected chi connectivity index (χ2v) is 15.6. The molecule has 0 aliphatic heterocycles. The van der Waals surface area contributed by atoms with Gasteiger partial charge in [0.15, 0.2) is 6.10 Å². The molecule has 2 atom stereocenters.